The zero-order valence-electron chi connectivity index (χ0n) is 34.0. The van der Waals surface area contributed by atoms with Crippen LogP contribution in [0.25, 0.3) is 0 Å². The zero-order valence-corrected chi connectivity index (χ0v) is 34.0. The van der Waals surface area contributed by atoms with Crippen LogP contribution in [0.3, 0.4) is 0 Å². The van der Waals surface area contributed by atoms with Crippen molar-refractivity contribution in [3.63, 3.8) is 0 Å². The Balaban J connectivity index is 1.01. The highest BCUT2D eigenvalue weighted by Crippen LogP contribution is 2.57. The summed E-state index contributed by atoms with van der Waals surface area (Å²) in [5.41, 5.74) is -2.36. The highest BCUT2D eigenvalue weighted by Gasteiger charge is 2.54. The Bertz CT molecular complexity index is 1570. The molecule has 3 N–H and O–H groups in total. The summed E-state index contributed by atoms with van der Waals surface area (Å²) in [6.07, 6.45) is 9.12. The lowest BCUT2D eigenvalue weighted by molar-refractivity contribution is -0.138. The largest absolute Gasteiger partial charge is 0.444 e. The first-order valence-electron chi connectivity index (χ1n) is 19.8. The fourth-order valence-corrected chi connectivity index (χ4v) is 8.64. The molecule has 15 nitrogen and oxygen atoms in total. The Morgan fingerprint density at radius 3 is 1.98 bits per heavy atom. The second-order valence-electron chi connectivity index (χ2n) is 18.5. The minimum absolute atomic E-state index is 0.0807. The maximum atomic E-state index is 13.2. The van der Waals surface area contributed by atoms with Gasteiger partial charge in [0.05, 0.1) is 0 Å². The van der Waals surface area contributed by atoms with Crippen LogP contribution in [0.2, 0.25) is 0 Å². The molecule has 0 bridgehead atoms. The molecule has 1 spiro atoms. The smallest absolute Gasteiger partial charge is 0.408 e. The van der Waals surface area contributed by atoms with E-state index in [0.717, 1.165) is 51.6 Å². The van der Waals surface area contributed by atoms with Crippen LogP contribution >= 0.6 is 0 Å². The van der Waals surface area contributed by atoms with E-state index in [2.05, 4.69) is 32.8 Å². The number of carbonyl (C=O) groups is 4. The summed E-state index contributed by atoms with van der Waals surface area (Å²) in [6.45, 7) is 19.7. The molecule has 1 aromatic rings. The van der Waals surface area contributed by atoms with E-state index in [4.69, 9.17) is 9.47 Å². The van der Waals surface area contributed by atoms with Gasteiger partial charge in [0, 0.05) is 57.0 Å². The van der Waals surface area contributed by atoms with Crippen LogP contribution in [-0.2, 0) is 14.3 Å². The van der Waals surface area contributed by atoms with E-state index in [1.54, 1.807) is 61.2 Å². The van der Waals surface area contributed by atoms with E-state index in [9.17, 15) is 24.0 Å². The zero-order chi connectivity index (χ0) is 39.6. The first kappa shape index (κ1) is 41.3. The van der Waals surface area contributed by atoms with Crippen LogP contribution in [0.1, 0.15) is 120 Å². The average Bonchev–Trinajstić information content (AvgIpc) is 3.02. The van der Waals surface area contributed by atoms with Crippen molar-refractivity contribution >= 4 is 29.9 Å². The Hall–Kier alpha value is -3.88. The predicted molar refractivity (Wildman–Crippen MR) is 205 cm³/mol. The molecule has 0 atom stereocenters. The molecular weight excluding hydrogens is 692 g/mol. The molecule has 4 fully saturated rings. The van der Waals surface area contributed by atoms with Gasteiger partial charge in [-0.15, -0.1) is 0 Å². The van der Waals surface area contributed by atoms with E-state index in [0.29, 0.717) is 43.6 Å². The van der Waals surface area contributed by atoms with Gasteiger partial charge in [0.1, 0.15) is 22.6 Å². The summed E-state index contributed by atoms with van der Waals surface area (Å²) < 4.78 is 12.4. The highest BCUT2D eigenvalue weighted by molar-refractivity contribution is 5.90. The highest BCUT2D eigenvalue weighted by atomic mass is 16.6. The molecule has 1 aliphatic heterocycles. The minimum Gasteiger partial charge on any atom is -0.444 e. The average molecular weight is 757 g/mol. The molecule has 3 aliphatic carbocycles. The third-order valence-electron chi connectivity index (χ3n) is 11.3. The standard InChI is InChI=1S/C39H64N8O7/c1-10-44(29-23-39(24-29)21-27(22-39)40-34(51)53-36(2,3)4)25-26-11-13-28(14-12-26)47-16-15-30(42-33(47)50)41-32(49)46-19-17-45(18-20-46)31(48)38(8,9)43-35(52)54-37(5,6)7/h15-16,26-29H,10-14,17-25H2,1-9H3,(H,40,51)(H,43,52)(H,41,42,49,50). The number of piperazine rings is 1. The van der Waals surface area contributed by atoms with Crippen molar-refractivity contribution in [3.05, 3.63) is 22.7 Å². The molecule has 5 amide bonds. The third kappa shape index (κ3) is 10.7. The van der Waals surface area contributed by atoms with Crippen LogP contribution in [0.4, 0.5) is 20.2 Å². The van der Waals surface area contributed by atoms with Gasteiger partial charge in [0.25, 0.3) is 0 Å². The number of amides is 5. The maximum absolute atomic E-state index is 13.2. The molecule has 0 aromatic carbocycles. The van der Waals surface area contributed by atoms with E-state index < -0.39 is 22.8 Å². The molecule has 2 heterocycles. The van der Waals surface area contributed by atoms with Crippen molar-refractivity contribution in [2.24, 2.45) is 11.3 Å². The number of rotatable bonds is 9. The van der Waals surface area contributed by atoms with Crippen LogP contribution in [-0.4, -0.2) is 116 Å². The Kier molecular flexibility index (Phi) is 12.3. The number of anilines is 1. The molecule has 1 aromatic heterocycles. The fourth-order valence-electron chi connectivity index (χ4n) is 8.64. The normalized spacial score (nSPS) is 26.0. The Morgan fingerprint density at radius 1 is 0.852 bits per heavy atom. The topological polar surface area (TPSA) is 167 Å². The Morgan fingerprint density at radius 2 is 1.43 bits per heavy atom. The number of nitrogens with one attached hydrogen (secondary N) is 3. The molecule has 5 rings (SSSR count). The number of hydrogen-bond donors (Lipinski definition) is 3. The van der Waals surface area contributed by atoms with Gasteiger partial charge >= 0.3 is 23.9 Å². The van der Waals surface area contributed by atoms with Crippen LogP contribution in [0.5, 0.6) is 0 Å². The van der Waals surface area contributed by atoms with Gasteiger partial charge in [-0.3, -0.25) is 14.7 Å². The molecule has 54 heavy (non-hydrogen) atoms. The minimum atomic E-state index is -1.18. The van der Waals surface area contributed by atoms with Crippen molar-refractivity contribution < 1.29 is 28.7 Å². The summed E-state index contributed by atoms with van der Waals surface area (Å²) in [5, 5.41) is 8.43. The van der Waals surface area contributed by atoms with Gasteiger partial charge in [-0.2, -0.15) is 4.98 Å². The van der Waals surface area contributed by atoms with Gasteiger partial charge in [-0.1, -0.05) is 6.92 Å². The number of nitrogens with zero attached hydrogens (tertiary/aromatic N) is 5. The van der Waals surface area contributed by atoms with Gasteiger partial charge in [-0.25, -0.2) is 19.2 Å². The molecule has 1 saturated heterocycles. The number of aromatic nitrogens is 2. The second-order valence-corrected chi connectivity index (χ2v) is 18.5. The van der Waals surface area contributed by atoms with Gasteiger partial charge in [0.15, 0.2) is 0 Å². The molecule has 0 unspecified atom stereocenters. The number of urea groups is 1. The Labute approximate surface area is 320 Å². The molecule has 4 aliphatic rings. The quantitative estimate of drug-likeness (QED) is 0.310. The fraction of sp³-hybridized carbons (Fsp3) is 0.795. The lowest BCUT2D eigenvalue weighted by Gasteiger charge is -2.60. The van der Waals surface area contributed by atoms with E-state index in [1.165, 1.54) is 12.8 Å². The number of ether oxygens (including phenoxy) is 2. The second kappa shape index (κ2) is 16.1. The van der Waals surface area contributed by atoms with Gasteiger partial charge in [-0.05, 0) is 131 Å². The summed E-state index contributed by atoms with van der Waals surface area (Å²) >= 11 is 0. The summed E-state index contributed by atoms with van der Waals surface area (Å²) in [7, 11) is 0. The number of alkyl carbamates (subject to hydrolysis) is 2. The molecule has 15 heteroatoms. The molecule has 3 saturated carbocycles. The molecular formula is C39H64N8O7. The first-order valence-corrected chi connectivity index (χ1v) is 19.8. The molecule has 0 radical (unpaired) electrons. The monoisotopic (exact) mass is 756 g/mol. The van der Waals surface area contributed by atoms with Crippen molar-refractivity contribution in [1.29, 1.82) is 0 Å². The summed E-state index contributed by atoms with van der Waals surface area (Å²) in [5.74, 6) is 0.526. The molecule has 302 valence electrons. The number of hydrogen-bond acceptors (Lipinski definition) is 9. The lowest BCUT2D eigenvalue weighted by atomic mass is 9.51. The van der Waals surface area contributed by atoms with Crippen molar-refractivity contribution in [2.45, 2.75) is 149 Å². The van der Waals surface area contributed by atoms with Gasteiger partial charge < -0.3 is 34.8 Å². The predicted octanol–water partition coefficient (Wildman–Crippen LogP) is 5.11. The summed E-state index contributed by atoms with van der Waals surface area (Å²) in [6, 6.07) is 2.18. The van der Waals surface area contributed by atoms with Crippen molar-refractivity contribution in [3.8, 4) is 0 Å². The van der Waals surface area contributed by atoms with E-state index in [-0.39, 0.29) is 41.6 Å². The lowest BCUT2D eigenvalue weighted by Crippen LogP contribution is -2.61. The van der Waals surface area contributed by atoms with Crippen molar-refractivity contribution in [2.75, 3.05) is 44.6 Å². The van der Waals surface area contributed by atoms with Crippen LogP contribution in [0, 0.1) is 11.3 Å². The SMILES string of the molecule is CCN(CC1CCC(n2ccc(NC(=O)N3CCN(C(=O)C(C)(C)NC(=O)OC(C)(C)C)CC3)nc2=O)CC1)C1CC2(CC(NC(=O)OC(C)(C)C)C2)C1. The van der Waals surface area contributed by atoms with Gasteiger partial charge in [0.2, 0.25) is 5.91 Å². The third-order valence-corrected chi connectivity index (χ3v) is 11.3. The van der Waals surface area contributed by atoms with Crippen LogP contribution < -0.4 is 21.6 Å². The first-order chi connectivity index (χ1) is 25.1. The maximum Gasteiger partial charge on any atom is 0.408 e. The van der Waals surface area contributed by atoms with E-state index in [1.807, 2.05) is 20.8 Å². The van der Waals surface area contributed by atoms with Crippen LogP contribution in [0.15, 0.2) is 17.1 Å². The van der Waals surface area contributed by atoms with E-state index >= 15 is 0 Å². The van der Waals surface area contributed by atoms with Crippen molar-refractivity contribution in [1.82, 2.24) is 34.9 Å². The summed E-state index contributed by atoms with van der Waals surface area (Å²) in [4.78, 5) is 73.8. The number of carbonyl (C=O) groups excluding carboxylic acids is 4.